The molecule has 2 aliphatic heterocycles. The number of fused-ring (bicyclic) bond motifs is 2. The van der Waals surface area contributed by atoms with Gasteiger partial charge in [-0.25, -0.2) is 8.78 Å². The van der Waals surface area contributed by atoms with Gasteiger partial charge >= 0.3 is 25.2 Å². The number of carbonyl (C=O) groups excluding carboxylic acids is 4. The van der Waals surface area contributed by atoms with Crippen LogP contribution in [0.15, 0.2) is 24.3 Å². The number of thiophene rings is 1. The van der Waals surface area contributed by atoms with Crippen LogP contribution < -0.4 is 5.32 Å². The Kier molecular flexibility index (Phi) is 15.9. The Hall–Kier alpha value is -3.70. The van der Waals surface area contributed by atoms with E-state index in [9.17, 15) is 42.9 Å². The van der Waals surface area contributed by atoms with E-state index in [4.69, 9.17) is 18.5 Å². The maximum Gasteiger partial charge on any atom is 0.410 e. The van der Waals surface area contributed by atoms with Gasteiger partial charge in [-0.2, -0.15) is 14.0 Å². The molecule has 61 heavy (non-hydrogen) atoms. The number of likely N-dealkylation sites (N-methyl/N-ethyl adjacent to an activating group) is 1. The number of ether oxygens (including phenoxy) is 2. The van der Waals surface area contributed by atoms with Gasteiger partial charge in [0.15, 0.2) is 0 Å². The molecule has 0 radical (unpaired) electrons. The lowest BCUT2D eigenvalue weighted by Crippen LogP contribution is -2.61. The highest BCUT2D eigenvalue weighted by Gasteiger charge is 2.56. The topological polar surface area (TPSA) is 188 Å². The van der Waals surface area contributed by atoms with Gasteiger partial charge in [-0.05, 0) is 105 Å². The van der Waals surface area contributed by atoms with Crippen LogP contribution in [0.3, 0.4) is 0 Å². The van der Waals surface area contributed by atoms with Crippen molar-refractivity contribution in [3.8, 4) is 6.07 Å². The molecule has 2 N–H and O–H groups in total. The molecular formula is C40H56F4N5O10PS. The van der Waals surface area contributed by atoms with Crippen LogP contribution in [0.4, 0.5) is 17.6 Å². The van der Waals surface area contributed by atoms with Crippen molar-refractivity contribution in [3.63, 3.8) is 0 Å². The second-order valence-corrected chi connectivity index (χ2v) is 21.3. The number of aliphatic hydroxyl groups excluding tert-OH is 1. The summed E-state index contributed by atoms with van der Waals surface area (Å²) in [5.74, 6) is -3.09. The summed E-state index contributed by atoms with van der Waals surface area (Å²) in [6, 6.07) is 4.07. The molecule has 4 atom stereocenters. The van der Waals surface area contributed by atoms with E-state index in [0.717, 1.165) is 23.5 Å². The summed E-state index contributed by atoms with van der Waals surface area (Å²) in [7, 11) is -4.01. The second-order valence-electron chi connectivity index (χ2n) is 18.1. The number of nitrogens with one attached hydrogen (secondary N) is 1. The first kappa shape index (κ1) is 50.0. The number of carbonyl (C=O) groups is 4. The molecule has 1 aromatic carbocycles. The predicted octanol–water partition coefficient (Wildman–Crippen LogP) is 6.50. The van der Waals surface area contributed by atoms with Gasteiger partial charge in [0.1, 0.15) is 12.3 Å². The van der Waals surface area contributed by atoms with E-state index in [1.807, 2.05) is 0 Å². The van der Waals surface area contributed by atoms with Gasteiger partial charge in [0.25, 0.3) is 12.3 Å². The SMILES string of the molecule is CN(CC(C)(C)C#N)C(O)[C@@H]1CC[C@@H]2CCN(CC(F)F)CC(NC(=O)c3cc4cc(C(F)(F)P(=O)(OCOC(=O)C(C)(C)C)OCOC(=O)C(C)(C)C)ccc4s3)C(=O)N21. The van der Waals surface area contributed by atoms with E-state index in [-0.39, 0.29) is 29.9 Å². The zero-order chi connectivity index (χ0) is 45.9. The highest BCUT2D eigenvalue weighted by atomic mass is 32.1. The normalized spacial score (nSPS) is 20.3. The summed E-state index contributed by atoms with van der Waals surface area (Å²) in [4.78, 5) is 57.2. The first-order chi connectivity index (χ1) is 28.1. The van der Waals surface area contributed by atoms with E-state index in [1.54, 1.807) is 25.8 Å². The summed E-state index contributed by atoms with van der Waals surface area (Å²) in [6.07, 6.45) is -2.68. The Morgan fingerprint density at radius 2 is 1.59 bits per heavy atom. The van der Waals surface area contributed by atoms with Crippen molar-refractivity contribution in [2.24, 2.45) is 16.2 Å². The summed E-state index contributed by atoms with van der Waals surface area (Å²) >= 11 is 0.883. The van der Waals surface area contributed by atoms with Crippen molar-refractivity contribution < 1.29 is 64.9 Å². The minimum Gasteiger partial charge on any atom is -0.438 e. The molecule has 0 saturated carbocycles. The fraction of sp³-hybridized carbons (Fsp3) is 0.675. The van der Waals surface area contributed by atoms with Crippen LogP contribution in [0.1, 0.15) is 89.9 Å². The van der Waals surface area contributed by atoms with Crippen LogP contribution in [0, 0.1) is 27.6 Å². The highest BCUT2D eigenvalue weighted by Crippen LogP contribution is 2.67. The summed E-state index contributed by atoms with van der Waals surface area (Å²) in [6.45, 7) is 9.48. The van der Waals surface area contributed by atoms with E-state index < -0.39 is 110 Å². The summed E-state index contributed by atoms with van der Waals surface area (Å²) in [5.41, 5.74) is -8.25. The number of aliphatic hydroxyl groups is 1. The van der Waals surface area contributed by atoms with Gasteiger partial charge in [0.2, 0.25) is 19.5 Å². The van der Waals surface area contributed by atoms with Crippen LogP contribution >= 0.6 is 18.9 Å². The molecule has 2 aliphatic rings. The number of esters is 2. The molecule has 340 valence electrons. The number of halogens is 4. The third-order valence-corrected chi connectivity index (χ3v) is 13.2. The van der Waals surface area contributed by atoms with E-state index in [0.29, 0.717) is 24.0 Å². The predicted molar refractivity (Wildman–Crippen MR) is 216 cm³/mol. The number of nitrogens with zero attached hydrogens (tertiary/aromatic N) is 4. The molecule has 3 heterocycles. The van der Waals surface area contributed by atoms with Crippen LogP contribution in [0.2, 0.25) is 0 Å². The smallest absolute Gasteiger partial charge is 0.410 e. The second kappa shape index (κ2) is 19.4. The summed E-state index contributed by atoms with van der Waals surface area (Å²) < 4.78 is 93.8. The van der Waals surface area contributed by atoms with Crippen LogP contribution in [-0.4, -0.2) is 121 Å². The van der Waals surface area contributed by atoms with Gasteiger partial charge in [0, 0.05) is 35.9 Å². The van der Waals surface area contributed by atoms with Crippen molar-refractivity contribution in [1.29, 1.82) is 5.26 Å². The monoisotopic (exact) mass is 905 g/mol. The van der Waals surface area contributed by atoms with Crippen LogP contribution in [-0.2, 0) is 43.1 Å². The quantitative estimate of drug-likeness (QED) is 0.0805. The molecule has 21 heteroatoms. The van der Waals surface area contributed by atoms with Crippen molar-refractivity contribution in [3.05, 3.63) is 34.7 Å². The van der Waals surface area contributed by atoms with Crippen molar-refractivity contribution >= 4 is 52.8 Å². The van der Waals surface area contributed by atoms with E-state index >= 15 is 8.78 Å². The standard InChI is InChI=1S/C40H56F4N5O10PS/c1-37(2,3)35(53)56-22-58-60(55,59-23-57-36(54)38(4,5)6)40(43,44)25-10-13-29-24(16-25)17-30(61-29)32(50)46-27-18-48(19-31(41)42)15-14-26-11-12-28(49(26)33(27)51)34(52)47(9)21-39(7,8)20-45/h10,13,16-17,26-28,31,34,52H,11-12,14-15,18-19,21-23H2,1-9H3,(H,46,50)/t26-,27?,28+,34?/m1/s1. The number of amides is 2. The fourth-order valence-electron chi connectivity index (χ4n) is 6.95. The lowest BCUT2D eigenvalue weighted by Gasteiger charge is -2.42. The average molecular weight is 906 g/mol. The molecule has 2 amide bonds. The molecule has 2 saturated heterocycles. The van der Waals surface area contributed by atoms with E-state index in [2.05, 4.69) is 11.4 Å². The minimum atomic E-state index is -5.65. The number of alkyl halides is 4. The van der Waals surface area contributed by atoms with E-state index in [1.165, 1.54) is 63.5 Å². The number of rotatable bonds is 16. The Labute approximate surface area is 357 Å². The molecule has 0 aliphatic carbocycles. The lowest BCUT2D eigenvalue weighted by atomic mass is 9.95. The Bertz CT molecular complexity index is 1980. The number of nitriles is 1. The van der Waals surface area contributed by atoms with Gasteiger partial charge in [0.05, 0.1) is 39.8 Å². The van der Waals surface area contributed by atoms with Crippen molar-refractivity contribution in [2.75, 3.05) is 46.8 Å². The number of hydrogen-bond acceptors (Lipinski definition) is 14. The maximum atomic E-state index is 16.3. The van der Waals surface area contributed by atoms with Gasteiger partial charge in [-0.1, -0.05) is 6.07 Å². The molecular weight excluding hydrogens is 849 g/mol. The Balaban J connectivity index is 1.61. The lowest BCUT2D eigenvalue weighted by molar-refractivity contribution is -0.163. The molecule has 1 aromatic heterocycles. The zero-order valence-electron chi connectivity index (χ0n) is 35.8. The van der Waals surface area contributed by atoms with Gasteiger partial charge in [-0.3, -0.25) is 42.6 Å². The minimum absolute atomic E-state index is 0.0300. The molecule has 2 unspecified atom stereocenters. The number of hydrogen-bond donors (Lipinski definition) is 2. The third-order valence-electron chi connectivity index (χ3n) is 10.2. The molecule has 2 fully saturated rings. The zero-order valence-corrected chi connectivity index (χ0v) is 37.5. The Morgan fingerprint density at radius 1 is 1.00 bits per heavy atom. The van der Waals surface area contributed by atoms with Gasteiger partial charge < -0.3 is 24.8 Å². The third kappa shape index (κ3) is 12.3. The highest BCUT2D eigenvalue weighted by molar-refractivity contribution is 7.54. The fourth-order valence-corrected chi connectivity index (χ4v) is 9.13. The molecule has 15 nitrogen and oxygen atoms in total. The van der Waals surface area contributed by atoms with Crippen molar-refractivity contribution in [1.82, 2.24) is 20.0 Å². The van der Waals surface area contributed by atoms with Crippen LogP contribution in [0.5, 0.6) is 0 Å². The van der Waals surface area contributed by atoms with Gasteiger partial charge in [-0.15, -0.1) is 11.3 Å². The largest absolute Gasteiger partial charge is 0.438 e. The molecule has 4 rings (SSSR count). The molecule has 0 bridgehead atoms. The molecule has 2 aromatic rings. The number of benzene rings is 1. The first-order valence-electron chi connectivity index (χ1n) is 19.7. The van der Waals surface area contributed by atoms with Crippen molar-refractivity contribution in [2.45, 2.75) is 111 Å². The maximum absolute atomic E-state index is 16.3. The first-order valence-corrected chi connectivity index (χ1v) is 22.0. The summed E-state index contributed by atoms with van der Waals surface area (Å²) in [5, 5.41) is 23.7. The Morgan fingerprint density at radius 3 is 2.13 bits per heavy atom. The molecule has 0 spiro atoms. The van der Waals surface area contributed by atoms with Crippen LogP contribution in [0.25, 0.3) is 10.1 Å². The average Bonchev–Trinajstić information content (AvgIpc) is 3.78.